The van der Waals surface area contributed by atoms with Crippen molar-refractivity contribution >= 4 is 18.9 Å². The van der Waals surface area contributed by atoms with Crippen LogP contribution in [0.15, 0.2) is 54.6 Å². The van der Waals surface area contributed by atoms with Gasteiger partial charge in [-0.15, -0.1) is 0 Å². The Balaban J connectivity index is 0.00000112. The Morgan fingerprint density at radius 2 is 1.40 bits per heavy atom. The summed E-state index contributed by atoms with van der Waals surface area (Å²) >= 11 is 0. The first-order valence-electron chi connectivity index (χ1n) is 4.67. The summed E-state index contributed by atoms with van der Waals surface area (Å²) in [7, 11) is 0. The molecule has 2 rings (SSSR count). The molecular weight excluding hydrogens is 179 g/mol. The number of phenolic OH excluding ortho intramolecular Hbond substituents is 1. The Morgan fingerprint density at radius 3 is 2.07 bits per heavy atom. The van der Waals surface area contributed by atoms with Gasteiger partial charge in [-0.1, -0.05) is 48.5 Å². The largest absolute Gasteiger partial charge is 0.508 e. The number of benzene rings is 2. The van der Waals surface area contributed by atoms with E-state index >= 15 is 0 Å². The first kappa shape index (κ1) is 11.9. The molecule has 15 heavy (non-hydrogen) atoms. The fraction of sp³-hybridized carbons (Fsp3) is 0.0769. The molecule has 1 N–H and O–H groups in total. The minimum absolute atomic E-state index is 0. The van der Waals surface area contributed by atoms with Gasteiger partial charge in [-0.25, -0.2) is 0 Å². The third-order valence-electron chi connectivity index (χ3n) is 2.23. The van der Waals surface area contributed by atoms with E-state index in [9.17, 15) is 5.11 Å². The summed E-state index contributed by atoms with van der Waals surface area (Å²) < 4.78 is 0. The molecule has 2 aromatic carbocycles. The minimum Gasteiger partial charge on any atom is -0.508 e. The zero-order valence-corrected chi connectivity index (χ0v) is 8.85. The number of aromatic hydroxyl groups is 1. The number of para-hydroxylation sites is 1. The Bertz CT molecular complexity index is 412. The van der Waals surface area contributed by atoms with E-state index in [-0.39, 0.29) is 18.9 Å². The van der Waals surface area contributed by atoms with Crippen molar-refractivity contribution in [1.82, 2.24) is 0 Å². The van der Waals surface area contributed by atoms with Crippen LogP contribution in [0.4, 0.5) is 0 Å². The van der Waals surface area contributed by atoms with Gasteiger partial charge in [0.05, 0.1) is 0 Å². The number of phenols is 1. The minimum atomic E-state index is 0. The summed E-state index contributed by atoms with van der Waals surface area (Å²) in [4.78, 5) is 0. The van der Waals surface area contributed by atoms with Gasteiger partial charge in [0.15, 0.2) is 0 Å². The maximum atomic E-state index is 9.57. The van der Waals surface area contributed by atoms with E-state index in [2.05, 4.69) is 12.1 Å². The standard InChI is InChI=1S/C13H12O.Li/c14-13-9-5-4-8-12(13)10-11-6-2-1-3-7-11;/h1-9,14H,10H2;. The van der Waals surface area contributed by atoms with E-state index in [0.717, 1.165) is 12.0 Å². The van der Waals surface area contributed by atoms with Crippen LogP contribution in [0.2, 0.25) is 0 Å². The van der Waals surface area contributed by atoms with Gasteiger partial charge in [0.25, 0.3) is 0 Å². The van der Waals surface area contributed by atoms with Crippen LogP contribution < -0.4 is 0 Å². The monoisotopic (exact) mass is 191 g/mol. The zero-order chi connectivity index (χ0) is 9.80. The molecule has 1 radical (unpaired) electrons. The van der Waals surface area contributed by atoms with Crippen LogP contribution in [0.25, 0.3) is 0 Å². The Morgan fingerprint density at radius 1 is 0.800 bits per heavy atom. The fourth-order valence-electron chi connectivity index (χ4n) is 1.48. The second-order valence-electron chi connectivity index (χ2n) is 3.29. The Labute approximate surface area is 102 Å². The topological polar surface area (TPSA) is 20.2 Å². The molecule has 1 nitrogen and oxygen atoms in total. The van der Waals surface area contributed by atoms with E-state index in [1.807, 2.05) is 36.4 Å². The van der Waals surface area contributed by atoms with Gasteiger partial charge >= 0.3 is 0 Å². The maximum Gasteiger partial charge on any atom is 0.119 e. The molecule has 71 valence electrons. The van der Waals surface area contributed by atoms with Gasteiger partial charge in [0, 0.05) is 25.3 Å². The number of rotatable bonds is 2. The van der Waals surface area contributed by atoms with Gasteiger partial charge in [-0.3, -0.25) is 0 Å². The van der Waals surface area contributed by atoms with Crippen molar-refractivity contribution in [2.24, 2.45) is 0 Å². The van der Waals surface area contributed by atoms with Crippen molar-refractivity contribution in [3.8, 4) is 5.75 Å². The van der Waals surface area contributed by atoms with Gasteiger partial charge in [-0.2, -0.15) is 0 Å². The normalized spacial score (nSPS) is 9.33. The van der Waals surface area contributed by atoms with E-state index in [1.54, 1.807) is 6.07 Å². The maximum absolute atomic E-state index is 9.57. The summed E-state index contributed by atoms with van der Waals surface area (Å²) in [5.41, 5.74) is 2.19. The van der Waals surface area contributed by atoms with Crippen LogP contribution in [0, 0.1) is 0 Å². The molecule has 0 saturated carbocycles. The molecule has 0 bridgehead atoms. The van der Waals surface area contributed by atoms with Crippen molar-refractivity contribution in [2.45, 2.75) is 6.42 Å². The molecule has 0 aliphatic rings. The number of hydrogen-bond donors (Lipinski definition) is 1. The summed E-state index contributed by atoms with van der Waals surface area (Å²) in [6.45, 7) is 0. The molecule has 0 heterocycles. The third kappa shape index (κ3) is 3.16. The van der Waals surface area contributed by atoms with Gasteiger partial charge in [-0.05, 0) is 17.2 Å². The first-order valence-corrected chi connectivity index (χ1v) is 4.67. The molecule has 2 heteroatoms. The van der Waals surface area contributed by atoms with E-state index in [0.29, 0.717) is 5.75 Å². The molecular formula is C13H12LiO. The van der Waals surface area contributed by atoms with E-state index < -0.39 is 0 Å². The molecule has 0 aromatic heterocycles. The van der Waals surface area contributed by atoms with Gasteiger partial charge in [0.2, 0.25) is 0 Å². The average molecular weight is 191 g/mol. The molecule has 0 aliphatic heterocycles. The van der Waals surface area contributed by atoms with Crippen LogP contribution >= 0.6 is 0 Å². The van der Waals surface area contributed by atoms with Crippen molar-refractivity contribution in [2.75, 3.05) is 0 Å². The predicted molar refractivity (Wildman–Crippen MR) is 63.1 cm³/mol. The summed E-state index contributed by atoms with van der Waals surface area (Å²) in [5.74, 6) is 0.372. The summed E-state index contributed by atoms with van der Waals surface area (Å²) in [6, 6.07) is 17.6. The second kappa shape index (κ2) is 5.65. The first-order chi connectivity index (χ1) is 6.86. The molecule has 0 fully saturated rings. The van der Waals surface area contributed by atoms with Crippen LogP contribution in [-0.4, -0.2) is 24.0 Å². The summed E-state index contributed by atoms with van der Waals surface area (Å²) in [6.07, 6.45) is 0.785. The third-order valence-corrected chi connectivity index (χ3v) is 2.23. The Kier molecular flexibility index (Phi) is 4.49. The van der Waals surface area contributed by atoms with Gasteiger partial charge in [0.1, 0.15) is 5.75 Å². The number of hydrogen-bond acceptors (Lipinski definition) is 1. The van der Waals surface area contributed by atoms with Crippen LogP contribution in [0.5, 0.6) is 5.75 Å². The fourth-order valence-corrected chi connectivity index (χ4v) is 1.48. The van der Waals surface area contributed by atoms with Crippen LogP contribution in [0.1, 0.15) is 11.1 Å². The SMILES string of the molecule is Oc1ccccc1Cc1ccccc1.[Li]. The van der Waals surface area contributed by atoms with Gasteiger partial charge < -0.3 is 5.11 Å². The molecule has 0 amide bonds. The Hall–Kier alpha value is -1.16. The second-order valence-corrected chi connectivity index (χ2v) is 3.29. The molecule has 0 unspecified atom stereocenters. The summed E-state index contributed by atoms with van der Waals surface area (Å²) in [5, 5.41) is 9.57. The van der Waals surface area contributed by atoms with E-state index in [1.165, 1.54) is 5.56 Å². The average Bonchev–Trinajstić information content (AvgIpc) is 2.23. The molecule has 0 aliphatic carbocycles. The van der Waals surface area contributed by atoms with Crippen LogP contribution in [0.3, 0.4) is 0 Å². The van der Waals surface area contributed by atoms with Crippen LogP contribution in [-0.2, 0) is 6.42 Å². The molecule has 0 saturated heterocycles. The molecule has 0 atom stereocenters. The van der Waals surface area contributed by atoms with Crippen molar-refractivity contribution in [1.29, 1.82) is 0 Å². The van der Waals surface area contributed by atoms with Crippen molar-refractivity contribution in [3.63, 3.8) is 0 Å². The zero-order valence-electron chi connectivity index (χ0n) is 8.85. The molecule has 0 spiro atoms. The van der Waals surface area contributed by atoms with Crippen molar-refractivity contribution < 1.29 is 5.11 Å². The quantitative estimate of drug-likeness (QED) is 0.723. The smallest absolute Gasteiger partial charge is 0.119 e. The van der Waals surface area contributed by atoms with Crippen molar-refractivity contribution in [3.05, 3.63) is 65.7 Å². The molecule has 2 aromatic rings. The van der Waals surface area contributed by atoms with E-state index in [4.69, 9.17) is 0 Å². The predicted octanol–water partition coefficient (Wildman–Crippen LogP) is 2.60.